The number of hydrogen-bond acceptors (Lipinski definition) is 3. The van der Waals surface area contributed by atoms with Gasteiger partial charge in [-0.25, -0.2) is 0 Å². The number of fused-ring (bicyclic) bond motifs is 5. The molecular formula is C28H50N2O2. The predicted molar refractivity (Wildman–Crippen MR) is 131 cm³/mol. The fourth-order valence-corrected chi connectivity index (χ4v) is 9.36. The molecule has 0 radical (unpaired) electrons. The third-order valence-corrected chi connectivity index (χ3v) is 11.2. The number of aliphatic hydroxyl groups excluding tert-OH is 1. The highest BCUT2D eigenvalue weighted by Crippen LogP contribution is 2.68. The Morgan fingerprint density at radius 1 is 1.03 bits per heavy atom. The van der Waals surface area contributed by atoms with Gasteiger partial charge >= 0.3 is 0 Å². The summed E-state index contributed by atoms with van der Waals surface area (Å²) in [5, 5.41) is 13.4. The molecule has 0 heterocycles. The van der Waals surface area contributed by atoms with Gasteiger partial charge < -0.3 is 16.2 Å². The molecule has 4 N–H and O–H groups in total. The molecule has 4 aliphatic carbocycles. The molecule has 0 bridgehead atoms. The van der Waals surface area contributed by atoms with E-state index in [9.17, 15) is 9.90 Å². The molecule has 0 saturated heterocycles. The molecular weight excluding hydrogens is 396 g/mol. The molecule has 184 valence electrons. The second-order valence-electron chi connectivity index (χ2n) is 12.7. The summed E-state index contributed by atoms with van der Waals surface area (Å²) in [7, 11) is 0. The highest BCUT2D eigenvalue weighted by Gasteiger charge is 2.60. The van der Waals surface area contributed by atoms with Crippen LogP contribution in [0, 0.1) is 46.3 Å². The maximum absolute atomic E-state index is 12.3. The van der Waals surface area contributed by atoms with E-state index in [0.29, 0.717) is 29.7 Å². The average molecular weight is 447 g/mol. The van der Waals surface area contributed by atoms with Gasteiger partial charge in [-0.15, -0.1) is 0 Å². The van der Waals surface area contributed by atoms with Gasteiger partial charge in [-0.2, -0.15) is 0 Å². The lowest BCUT2D eigenvalue weighted by Crippen LogP contribution is -2.54. The van der Waals surface area contributed by atoms with E-state index in [1.807, 2.05) is 0 Å². The number of nitrogens with two attached hydrogens (primary N) is 1. The van der Waals surface area contributed by atoms with Gasteiger partial charge in [0.25, 0.3) is 0 Å². The van der Waals surface area contributed by atoms with Crippen LogP contribution in [0.25, 0.3) is 0 Å². The molecule has 0 aliphatic heterocycles. The van der Waals surface area contributed by atoms with Crippen LogP contribution in [0.3, 0.4) is 0 Å². The van der Waals surface area contributed by atoms with Crippen molar-refractivity contribution in [2.45, 2.75) is 110 Å². The molecule has 0 aromatic heterocycles. The number of hydrogen-bond donors (Lipinski definition) is 3. The smallest absolute Gasteiger partial charge is 0.220 e. The van der Waals surface area contributed by atoms with Crippen molar-refractivity contribution in [3.8, 4) is 0 Å². The standard InChI is InChI=1S/C28H50N2O2/c1-19(6-11-26(32)30-17-5-4-16-29)23-9-10-24-22-8-7-20-18-21(31)12-14-27(20,2)25(22)13-15-28(23,24)3/h19-25,31H,4-18,29H2,1-3H3,(H,30,32)/t19-,20-,21-,22+,23-,24+,25+,27+,28-/m1/s1. The Morgan fingerprint density at radius 2 is 1.78 bits per heavy atom. The second-order valence-corrected chi connectivity index (χ2v) is 12.7. The minimum Gasteiger partial charge on any atom is -0.393 e. The summed E-state index contributed by atoms with van der Waals surface area (Å²) in [5.41, 5.74) is 6.48. The van der Waals surface area contributed by atoms with E-state index in [2.05, 4.69) is 26.1 Å². The van der Waals surface area contributed by atoms with Crippen molar-refractivity contribution in [3.63, 3.8) is 0 Å². The van der Waals surface area contributed by atoms with Crippen LogP contribution in [0.1, 0.15) is 104 Å². The summed E-state index contributed by atoms with van der Waals surface area (Å²) < 4.78 is 0. The summed E-state index contributed by atoms with van der Waals surface area (Å²) in [6.45, 7) is 9.11. The van der Waals surface area contributed by atoms with E-state index in [4.69, 9.17) is 5.73 Å². The zero-order chi connectivity index (χ0) is 22.9. The quantitative estimate of drug-likeness (QED) is 0.444. The van der Waals surface area contributed by atoms with Crippen molar-refractivity contribution < 1.29 is 9.90 Å². The first-order valence-electron chi connectivity index (χ1n) is 13.9. The van der Waals surface area contributed by atoms with Crippen molar-refractivity contribution in [3.05, 3.63) is 0 Å². The summed E-state index contributed by atoms with van der Waals surface area (Å²) in [4.78, 5) is 12.3. The van der Waals surface area contributed by atoms with Crippen LogP contribution < -0.4 is 11.1 Å². The molecule has 4 fully saturated rings. The van der Waals surface area contributed by atoms with E-state index in [-0.39, 0.29) is 12.0 Å². The van der Waals surface area contributed by atoms with Crippen LogP contribution >= 0.6 is 0 Å². The zero-order valence-electron chi connectivity index (χ0n) is 21.1. The summed E-state index contributed by atoms with van der Waals surface area (Å²) in [5.74, 6) is 5.03. The van der Waals surface area contributed by atoms with Gasteiger partial charge in [0.05, 0.1) is 6.10 Å². The van der Waals surface area contributed by atoms with E-state index < -0.39 is 0 Å². The van der Waals surface area contributed by atoms with Crippen LogP contribution in [0.4, 0.5) is 0 Å². The first kappa shape index (κ1) is 24.5. The van der Waals surface area contributed by atoms with Gasteiger partial charge in [0, 0.05) is 13.0 Å². The largest absolute Gasteiger partial charge is 0.393 e. The maximum atomic E-state index is 12.3. The Kier molecular flexibility index (Phi) is 7.61. The zero-order valence-corrected chi connectivity index (χ0v) is 21.1. The number of aliphatic hydroxyl groups is 1. The molecule has 4 nitrogen and oxygen atoms in total. The first-order chi connectivity index (χ1) is 15.3. The lowest BCUT2D eigenvalue weighted by atomic mass is 9.44. The van der Waals surface area contributed by atoms with E-state index >= 15 is 0 Å². The monoisotopic (exact) mass is 446 g/mol. The Balaban J connectivity index is 1.35. The molecule has 1 amide bonds. The first-order valence-corrected chi connectivity index (χ1v) is 13.9. The number of rotatable bonds is 8. The molecule has 9 atom stereocenters. The molecule has 0 spiro atoms. The van der Waals surface area contributed by atoms with Crippen molar-refractivity contribution in [2.24, 2.45) is 52.1 Å². The number of carbonyl (C=O) groups excluding carboxylic acids is 1. The third-order valence-electron chi connectivity index (χ3n) is 11.2. The molecule has 4 aliphatic rings. The topological polar surface area (TPSA) is 75.4 Å². The molecule has 0 aromatic carbocycles. The minimum atomic E-state index is -0.0481. The Labute approximate surface area is 196 Å². The fourth-order valence-electron chi connectivity index (χ4n) is 9.36. The van der Waals surface area contributed by atoms with Crippen LogP contribution in [0.15, 0.2) is 0 Å². The van der Waals surface area contributed by atoms with E-state index in [1.165, 1.54) is 44.9 Å². The van der Waals surface area contributed by atoms with E-state index in [0.717, 1.165) is 68.2 Å². The molecule has 0 unspecified atom stereocenters. The normalized spacial score (nSPS) is 44.3. The molecule has 32 heavy (non-hydrogen) atoms. The van der Waals surface area contributed by atoms with E-state index in [1.54, 1.807) is 0 Å². The Bertz CT molecular complexity index is 653. The molecule has 4 heteroatoms. The molecule has 4 rings (SSSR count). The van der Waals surface area contributed by atoms with Gasteiger partial charge in [0.1, 0.15) is 0 Å². The lowest BCUT2D eigenvalue weighted by Gasteiger charge is -2.61. The van der Waals surface area contributed by atoms with Crippen LogP contribution in [-0.4, -0.2) is 30.2 Å². The van der Waals surface area contributed by atoms with Crippen molar-refractivity contribution in [1.29, 1.82) is 0 Å². The van der Waals surface area contributed by atoms with Crippen LogP contribution in [0.5, 0.6) is 0 Å². The number of carbonyl (C=O) groups is 1. The van der Waals surface area contributed by atoms with Gasteiger partial charge in [-0.3, -0.25) is 4.79 Å². The average Bonchev–Trinajstić information content (AvgIpc) is 3.13. The molecule has 0 aromatic rings. The van der Waals surface area contributed by atoms with Crippen LogP contribution in [-0.2, 0) is 4.79 Å². The van der Waals surface area contributed by atoms with Crippen LogP contribution in [0.2, 0.25) is 0 Å². The van der Waals surface area contributed by atoms with Gasteiger partial charge in [-0.1, -0.05) is 20.8 Å². The van der Waals surface area contributed by atoms with Gasteiger partial charge in [-0.05, 0) is 130 Å². The van der Waals surface area contributed by atoms with Gasteiger partial charge in [0.2, 0.25) is 5.91 Å². The minimum absolute atomic E-state index is 0.0481. The Hall–Kier alpha value is -0.610. The highest BCUT2D eigenvalue weighted by molar-refractivity contribution is 5.75. The van der Waals surface area contributed by atoms with Crippen molar-refractivity contribution in [2.75, 3.05) is 13.1 Å². The van der Waals surface area contributed by atoms with Crippen molar-refractivity contribution in [1.82, 2.24) is 5.32 Å². The summed E-state index contributed by atoms with van der Waals surface area (Å²) in [6, 6.07) is 0. The number of amides is 1. The molecule has 4 saturated carbocycles. The van der Waals surface area contributed by atoms with Gasteiger partial charge in [0.15, 0.2) is 0 Å². The second kappa shape index (κ2) is 9.94. The predicted octanol–water partition coefficient (Wildman–Crippen LogP) is 5.28. The SMILES string of the molecule is C[C@H](CCC(=O)NCCCCN)[C@H]1CC[C@H]2[C@@H]3CC[C@@H]4C[C@H](O)CC[C@]4(C)[C@H]3CC[C@]12C. The maximum Gasteiger partial charge on any atom is 0.220 e. The number of nitrogens with one attached hydrogen (secondary N) is 1. The number of unbranched alkanes of at least 4 members (excludes halogenated alkanes) is 1. The fraction of sp³-hybridized carbons (Fsp3) is 0.964. The highest BCUT2D eigenvalue weighted by atomic mass is 16.3. The third kappa shape index (κ3) is 4.52. The van der Waals surface area contributed by atoms with Crippen molar-refractivity contribution >= 4 is 5.91 Å². The Morgan fingerprint density at radius 3 is 2.56 bits per heavy atom. The summed E-state index contributed by atoms with van der Waals surface area (Å²) >= 11 is 0. The summed E-state index contributed by atoms with van der Waals surface area (Å²) in [6.07, 6.45) is 15.2. The lowest BCUT2D eigenvalue weighted by molar-refractivity contribution is -0.129.